The summed E-state index contributed by atoms with van der Waals surface area (Å²) in [4.78, 5) is 17.8. The highest BCUT2D eigenvalue weighted by Crippen LogP contribution is 2.12. The second-order valence-corrected chi connectivity index (χ2v) is 4.55. The van der Waals surface area contributed by atoms with Crippen molar-refractivity contribution in [3.05, 3.63) is 27.9 Å². The van der Waals surface area contributed by atoms with Gasteiger partial charge in [-0.1, -0.05) is 6.42 Å². The quantitative estimate of drug-likeness (QED) is 0.805. The van der Waals surface area contributed by atoms with E-state index in [4.69, 9.17) is 0 Å². The van der Waals surface area contributed by atoms with Crippen LogP contribution in [0.2, 0.25) is 0 Å². The van der Waals surface area contributed by atoms with Crippen molar-refractivity contribution < 1.29 is 0 Å². The lowest BCUT2D eigenvalue weighted by atomic mass is 9.99. The summed E-state index contributed by atoms with van der Waals surface area (Å²) in [5.74, 6) is 0. The van der Waals surface area contributed by atoms with Crippen molar-refractivity contribution in [2.75, 3.05) is 6.54 Å². The molecule has 0 aromatic carbocycles. The number of hydrogen-bond acceptors (Lipinski definition) is 3. The van der Waals surface area contributed by atoms with E-state index < -0.39 is 0 Å². The van der Waals surface area contributed by atoms with Gasteiger partial charge in [-0.25, -0.2) is 4.79 Å². The largest absolute Gasteiger partial charge is 0.345 e. The lowest BCUT2D eigenvalue weighted by molar-refractivity contribution is 0.381. The maximum absolute atomic E-state index is 11.2. The molecule has 88 valence electrons. The van der Waals surface area contributed by atoms with E-state index in [1.807, 2.05) is 13.0 Å². The minimum atomic E-state index is -0.230. The minimum Gasteiger partial charge on any atom is -0.314 e. The molecule has 2 N–H and O–H groups in total. The Hall–Kier alpha value is -1.16. The number of aromatic nitrogens is 2. The van der Waals surface area contributed by atoms with Crippen LogP contribution < -0.4 is 11.0 Å². The molecule has 1 saturated heterocycles. The van der Waals surface area contributed by atoms with E-state index in [1.165, 1.54) is 19.3 Å². The van der Waals surface area contributed by atoms with Crippen molar-refractivity contribution in [3.63, 3.8) is 0 Å². The molecule has 0 bridgehead atoms. The van der Waals surface area contributed by atoms with E-state index >= 15 is 0 Å². The fourth-order valence-electron chi connectivity index (χ4n) is 2.27. The summed E-state index contributed by atoms with van der Waals surface area (Å²) in [5.41, 5.74) is 1.58. The highest BCUT2D eigenvalue weighted by atomic mass is 16.1. The van der Waals surface area contributed by atoms with E-state index in [1.54, 1.807) is 0 Å². The molecule has 1 unspecified atom stereocenters. The number of aromatic amines is 1. The van der Waals surface area contributed by atoms with Gasteiger partial charge < -0.3 is 10.3 Å². The van der Waals surface area contributed by atoms with Gasteiger partial charge >= 0.3 is 5.69 Å². The van der Waals surface area contributed by atoms with Crippen LogP contribution in [0, 0.1) is 6.92 Å². The van der Waals surface area contributed by atoms with Gasteiger partial charge in [0.05, 0.1) is 0 Å². The van der Waals surface area contributed by atoms with Gasteiger partial charge in [0.1, 0.15) is 0 Å². The minimum absolute atomic E-state index is 0.230. The number of hydrogen-bond donors (Lipinski definition) is 2. The molecule has 0 radical (unpaired) electrons. The summed E-state index contributed by atoms with van der Waals surface area (Å²) in [7, 11) is 0. The molecule has 16 heavy (non-hydrogen) atoms. The molecule has 0 aliphatic carbocycles. The molecule has 0 saturated carbocycles. The summed E-state index contributed by atoms with van der Waals surface area (Å²) < 4.78 is 0. The third-order valence-corrected chi connectivity index (χ3v) is 3.09. The highest BCUT2D eigenvalue weighted by molar-refractivity contribution is 5.06. The standard InChI is InChI=1S/C12H19N3O/c1-9-8-11(15-12(16)14-9)6-5-10-4-2-3-7-13-10/h8,10,13H,2-7H2,1H3,(H,14,15,16). The first-order valence-corrected chi connectivity index (χ1v) is 6.04. The van der Waals surface area contributed by atoms with Crippen LogP contribution in [0.3, 0.4) is 0 Å². The number of aryl methyl sites for hydroxylation is 2. The first-order valence-electron chi connectivity index (χ1n) is 6.04. The highest BCUT2D eigenvalue weighted by Gasteiger charge is 2.12. The lowest BCUT2D eigenvalue weighted by Gasteiger charge is -2.23. The molecule has 4 nitrogen and oxygen atoms in total. The summed E-state index contributed by atoms with van der Waals surface area (Å²) in [6, 6.07) is 2.57. The van der Waals surface area contributed by atoms with Gasteiger partial charge in [0.25, 0.3) is 0 Å². The predicted molar refractivity (Wildman–Crippen MR) is 63.6 cm³/mol. The summed E-state index contributed by atoms with van der Waals surface area (Å²) in [6.45, 7) is 3.03. The number of piperidine rings is 1. The molecule has 1 atom stereocenters. The van der Waals surface area contributed by atoms with Crippen LogP contribution in [0.4, 0.5) is 0 Å². The van der Waals surface area contributed by atoms with E-state index in [9.17, 15) is 4.79 Å². The number of nitrogens with one attached hydrogen (secondary N) is 2. The van der Waals surface area contributed by atoms with E-state index in [2.05, 4.69) is 15.3 Å². The maximum atomic E-state index is 11.2. The molecule has 1 fully saturated rings. The van der Waals surface area contributed by atoms with Crippen LogP contribution in [-0.4, -0.2) is 22.6 Å². The maximum Gasteiger partial charge on any atom is 0.345 e. The number of nitrogens with zero attached hydrogens (tertiary/aromatic N) is 1. The average Bonchev–Trinajstić information content (AvgIpc) is 2.27. The van der Waals surface area contributed by atoms with E-state index in [0.717, 1.165) is 30.8 Å². The van der Waals surface area contributed by atoms with Crippen LogP contribution in [-0.2, 0) is 6.42 Å². The Balaban J connectivity index is 1.90. The van der Waals surface area contributed by atoms with Crippen LogP contribution in [0.25, 0.3) is 0 Å². The van der Waals surface area contributed by atoms with E-state index in [-0.39, 0.29) is 5.69 Å². The Morgan fingerprint density at radius 1 is 1.50 bits per heavy atom. The molecule has 2 heterocycles. The van der Waals surface area contributed by atoms with Crippen LogP contribution in [0.15, 0.2) is 10.9 Å². The Kier molecular flexibility index (Phi) is 3.72. The van der Waals surface area contributed by atoms with Crippen molar-refractivity contribution in [2.45, 2.75) is 45.1 Å². The van der Waals surface area contributed by atoms with Crippen molar-refractivity contribution in [2.24, 2.45) is 0 Å². The van der Waals surface area contributed by atoms with Crippen molar-refractivity contribution in [1.29, 1.82) is 0 Å². The first kappa shape index (κ1) is 11.3. The normalized spacial score (nSPS) is 20.9. The van der Waals surface area contributed by atoms with Gasteiger partial charge in [-0.05, 0) is 45.2 Å². The van der Waals surface area contributed by atoms with Crippen LogP contribution in [0.5, 0.6) is 0 Å². The third-order valence-electron chi connectivity index (χ3n) is 3.09. The third kappa shape index (κ3) is 3.17. The molecule has 1 aliphatic rings. The van der Waals surface area contributed by atoms with Crippen molar-refractivity contribution in [3.8, 4) is 0 Å². The summed E-state index contributed by atoms with van der Waals surface area (Å²) >= 11 is 0. The molecule has 0 spiro atoms. The zero-order valence-electron chi connectivity index (χ0n) is 9.75. The number of H-pyrrole nitrogens is 1. The summed E-state index contributed by atoms with van der Waals surface area (Å²) in [6.07, 6.45) is 5.83. The van der Waals surface area contributed by atoms with Gasteiger partial charge in [0.15, 0.2) is 0 Å². The van der Waals surface area contributed by atoms with Gasteiger partial charge in [0.2, 0.25) is 0 Å². The van der Waals surface area contributed by atoms with Gasteiger partial charge in [-0.3, -0.25) is 0 Å². The van der Waals surface area contributed by atoms with Gasteiger partial charge in [-0.2, -0.15) is 4.98 Å². The van der Waals surface area contributed by atoms with Gasteiger partial charge in [-0.15, -0.1) is 0 Å². The summed E-state index contributed by atoms with van der Waals surface area (Å²) in [5, 5.41) is 3.50. The second kappa shape index (κ2) is 5.25. The van der Waals surface area contributed by atoms with Crippen molar-refractivity contribution in [1.82, 2.24) is 15.3 Å². The Morgan fingerprint density at radius 3 is 3.06 bits per heavy atom. The zero-order valence-corrected chi connectivity index (χ0v) is 9.75. The lowest BCUT2D eigenvalue weighted by Crippen LogP contribution is -2.34. The zero-order chi connectivity index (χ0) is 11.4. The monoisotopic (exact) mass is 221 g/mol. The SMILES string of the molecule is Cc1cc(CCC2CCCCN2)nc(=O)[nH]1. The van der Waals surface area contributed by atoms with Gasteiger partial charge in [0, 0.05) is 17.4 Å². The molecule has 1 aromatic rings. The first-order chi connectivity index (χ1) is 7.74. The fraction of sp³-hybridized carbons (Fsp3) is 0.667. The second-order valence-electron chi connectivity index (χ2n) is 4.55. The molecular weight excluding hydrogens is 202 g/mol. The van der Waals surface area contributed by atoms with E-state index in [0.29, 0.717) is 6.04 Å². The molecule has 0 amide bonds. The Bertz CT molecular complexity index is 393. The molecular formula is C12H19N3O. The topological polar surface area (TPSA) is 57.8 Å². The fourth-order valence-corrected chi connectivity index (χ4v) is 2.27. The van der Waals surface area contributed by atoms with Crippen LogP contribution >= 0.6 is 0 Å². The predicted octanol–water partition coefficient (Wildman–Crippen LogP) is 1.15. The molecule has 1 aromatic heterocycles. The van der Waals surface area contributed by atoms with Crippen molar-refractivity contribution >= 4 is 0 Å². The molecule has 1 aliphatic heterocycles. The Labute approximate surface area is 95.5 Å². The van der Waals surface area contributed by atoms with Crippen LogP contribution in [0.1, 0.15) is 37.1 Å². The smallest absolute Gasteiger partial charge is 0.314 e. The number of rotatable bonds is 3. The Morgan fingerprint density at radius 2 is 2.38 bits per heavy atom. The average molecular weight is 221 g/mol. The molecule has 2 rings (SSSR count). The molecule has 4 heteroatoms.